The summed E-state index contributed by atoms with van der Waals surface area (Å²) in [6, 6.07) is 4.68. The SMILES string of the molecule is CC(C)Cc1cc(N)c2cc(Cl)c(F)cc2n1. The number of hydrogen-bond acceptors (Lipinski definition) is 2. The van der Waals surface area contributed by atoms with Gasteiger partial charge in [0.25, 0.3) is 0 Å². The van der Waals surface area contributed by atoms with Crippen molar-refractivity contribution in [3.63, 3.8) is 0 Å². The van der Waals surface area contributed by atoms with Crippen LogP contribution >= 0.6 is 11.6 Å². The highest BCUT2D eigenvalue weighted by Gasteiger charge is 2.09. The first kappa shape index (κ1) is 12.1. The summed E-state index contributed by atoms with van der Waals surface area (Å²) in [6.45, 7) is 4.20. The maximum atomic E-state index is 13.4. The molecule has 1 aromatic carbocycles. The standard InChI is InChI=1S/C13H14ClFN2/c1-7(2)3-8-4-12(16)9-5-10(14)11(15)6-13(9)17-8/h4-7H,3H2,1-2H3,(H2,16,17). The van der Waals surface area contributed by atoms with Crippen LogP contribution in [0.15, 0.2) is 18.2 Å². The van der Waals surface area contributed by atoms with Gasteiger partial charge in [0.15, 0.2) is 0 Å². The number of nitrogens with zero attached hydrogens (tertiary/aromatic N) is 1. The van der Waals surface area contributed by atoms with Crippen molar-refractivity contribution >= 4 is 28.2 Å². The van der Waals surface area contributed by atoms with Crippen LogP contribution < -0.4 is 5.73 Å². The lowest BCUT2D eigenvalue weighted by Crippen LogP contribution is -2.00. The van der Waals surface area contributed by atoms with Crippen molar-refractivity contribution < 1.29 is 4.39 Å². The fraction of sp³-hybridized carbons (Fsp3) is 0.308. The number of halogens is 2. The second-order valence-corrected chi connectivity index (χ2v) is 4.99. The Kier molecular flexibility index (Phi) is 3.20. The van der Waals surface area contributed by atoms with Gasteiger partial charge in [-0.2, -0.15) is 0 Å². The summed E-state index contributed by atoms with van der Waals surface area (Å²) < 4.78 is 13.4. The number of rotatable bonds is 2. The maximum Gasteiger partial charge on any atom is 0.143 e. The molecule has 4 heteroatoms. The van der Waals surface area contributed by atoms with Gasteiger partial charge in [-0.25, -0.2) is 4.39 Å². The first-order valence-corrected chi connectivity index (χ1v) is 5.89. The topological polar surface area (TPSA) is 38.9 Å². The number of anilines is 1. The molecule has 0 aliphatic heterocycles. The van der Waals surface area contributed by atoms with Crippen molar-refractivity contribution in [3.8, 4) is 0 Å². The van der Waals surface area contributed by atoms with Crippen molar-refractivity contribution in [2.75, 3.05) is 5.73 Å². The highest BCUT2D eigenvalue weighted by Crippen LogP contribution is 2.27. The molecule has 2 nitrogen and oxygen atoms in total. The van der Waals surface area contributed by atoms with Gasteiger partial charge in [0.1, 0.15) is 5.82 Å². The van der Waals surface area contributed by atoms with E-state index in [9.17, 15) is 4.39 Å². The van der Waals surface area contributed by atoms with Gasteiger partial charge in [0, 0.05) is 22.8 Å². The van der Waals surface area contributed by atoms with Crippen LogP contribution in [0.2, 0.25) is 5.02 Å². The van der Waals surface area contributed by atoms with Crippen molar-refractivity contribution in [2.45, 2.75) is 20.3 Å². The second kappa shape index (κ2) is 4.49. The van der Waals surface area contributed by atoms with E-state index in [0.29, 0.717) is 22.5 Å². The normalized spacial score (nSPS) is 11.4. The molecule has 2 rings (SSSR count). The summed E-state index contributed by atoms with van der Waals surface area (Å²) in [4.78, 5) is 4.40. The minimum atomic E-state index is -0.465. The molecule has 2 N–H and O–H groups in total. The lowest BCUT2D eigenvalue weighted by atomic mass is 10.1. The predicted molar refractivity (Wildman–Crippen MR) is 69.7 cm³/mol. The molecule has 90 valence electrons. The summed E-state index contributed by atoms with van der Waals surface area (Å²) in [5.74, 6) is 0.0178. The van der Waals surface area contributed by atoms with Crippen molar-refractivity contribution in [1.82, 2.24) is 4.98 Å². The molecule has 1 heterocycles. The minimum absolute atomic E-state index is 0.0719. The number of nitrogens with two attached hydrogens (primary N) is 1. The third-order valence-corrected chi connectivity index (χ3v) is 2.84. The Hall–Kier alpha value is -1.35. The Morgan fingerprint density at radius 3 is 2.71 bits per heavy atom. The maximum absolute atomic E-state index is 13.4. The lowest BCUT2D eigenvalue weighted by molar-refractivity contribution is 0.628. The van der Waals surface area contributed by atoms with E-state index in [4.69, 9.17) is 17.3 Å². The number of aromatic nitrogens is 1. The van der Waals surface area contributed by atoms with E-state index in [1.54, 1.807) is 0 Å². The van der Waals surface area contributed by atoms with Crippen molar-refractivity contribution in [1.29, 1.82) is 0 Å². The van der Waals surface area contributed by atoms with E-state index >= 15 is 0 Å². The van der Waals surface area contributed by atoms with Gasteiger partial charge in [-0.15, -0.1) is 0 Å². The van der Waals surface area contributed by atoms with Gasteiger partial charge in [-0.1, -0.05) is 25.4 Å². The van der Waals surface area contributed by atoms with E-state index in [0.717, 1.165) is 12.1 Å². The molecule has 0 fully saturated rings. The Bertz CT molecular complexity index is 567. The fourth-order valence-electron chi connectivity index (χ4n) is 1.83. The van der Waals surface area contributed by atoms with Gasteiger partial charge in [0.05, 0.1) is 10.5 Å². The lowest BCUT2D eigenvalue weighted by Gasteiger charge is -2.09. The molecule has 0 amide bonds. The largest absolute Gasteiger partial charge is 0.398 e. The third-order valence-electron chi connectivity index (χ3n) is 2.55. The monoisotopic (exact) mass is 252 g/mol. The van der Waals surface area contributed by atoms with E-state index in [2.05, 4.69) is 18.8 Å². The molecule has 0 radical (unpaired) electrons. The average molecular weight is 253 g/mol. The van der Waals surface area contributed by atoms with Gasteiger partial charge < -0.3 is 5.73 Å². The third kappa shape index (κ3) is 2.50. The Balaban J connectivity index is 2.60. The average Bonchev–Trinajstić information content (AvgIpc) is 2.20. The molecule has 1 aromatic heterocycles. The molecule has 0 aliphatic carbocycles. The van der Waals surface area contributed by atoms with Crippen LogP contribution in [0.25, 0.3) is 10.9 Å². The Labute approximate surface area is 105 Å². The van der Waals surface area contributed by atoms with Gasteiger partial charge in [-0.05, 0) is 24.5 Å². The van der Waals surface area contributed by atoms with Crippen molar-refractivity contribution in [3.05, 3.63) is 34.7 Å². The molecular formula is C13H14ClFN2. The number of pyridine rings is 1. The van der Waals surface area contributed by atoms with Crippen LogP contribution in [0.1, 0.15) is 19.5 Å². The number of fused-ring (bicyclic) bond motifs is 1. The van der Waals surface area contributed by atoms with Crippen LogP contribution in [-0.2, 0) is 6.42 Å². The van der Waals surface area contributed by atoms with Crippen LogP contribution in [-0.4, -0.2) is 4.98 Å². The van der Waals surface area contributed by atoms with E-state index in [-0.39, 0.29) is 5.02 Å². The predicted octanol–water partition coefficient (Wildman–Crippen LogP) is 3.81. The molecule has 0 aliphatic rings. The summed E-state index contributed by atoms with van der Waals surface area (Å²) in [5, 5.41) is 0.770. The van der Waals surface area contributed by atoms with Gasteiger partial charge in [0.2, 0.25) is 0 Å². The summed E-state index contributed by atoms with van der Waals surface area (Å²) in [6.07, 6.45) is 0.824. The van der Waals surface area contributed by atoms with Crippen molar-refractivity contribution in [2.24, 2.45) is 5.92 Å². The minimum Gasteiger partial charge on any atom is -0.398 e. The number of benzene rings is 1. The fourth-order valence-corrected chi connectivity index (χ4v) is 1.99. The highest BCUT2D eigenvalue weighted by atomic mass is 35.5. The van der Waals surface area contributed by atoms with Gasteiger partial charge in [-0.3, -0.25) is 4.98 Å². The van der Waals surface area contributed by atoms with Crippen LogP contribution in [0, 0.1) is 11.7 Å². The summed E-state index contributed by atoms with van der Waals surface area (Å²) >= 11 is 5.73. The summed E-state index contributed by atoms with van der Waals surface area (Å²) in [5.41, 5.74) is 7.96. The molecule has 0 saturated heterocycles. The first-order valence-electron chi connectivity index (χ1n) is 5.51. The van der Waals surface area contributed by atoms with Gasteiger partial charge >= 0.3 is 0 Å². The molecule has 0 bridgehead atoms. The Morgan fingerprint density at radius 1 is 1.35 bits per heavy atom. The Morgan fingerprint density at radius 2 is 2.06 bits per heavy atom. The molecular weight excluding hydrogens is 239 g/mol. The number of hydrogen-bond donors (Lipinski definition) is 1. The summed E-state index contributed by atoms with van der Waals surface area (Å²) in [7, 11) is 0. The highest BCUT2D eigenvalue weighted by molar-refractivity contribution is 6.31. The van der Waals surface area contributed by atoms with Crippen LogP contribution in [0.5, 0.6) is 0 Å². The van der Waals surface area contributed by atoms with Crippen LogP contribution in [0.3, 0.4) is 0 Å². The zero-order valence-electron chi connectivity index (χ0n) is 9.80. The van der Waals surface area contributed by atoms with E-state index in [1.165, 1.54) is 12.1 Å². The van der Waals surface area contributed by atoms with E-state index < -0.39 is 5.82 Å². The zero-order chi connectivity index (χ0) is 12.6. The molecule has 0 unspecified atom stereocenters. The molecule has 2 aromatic rings. The second-order valence-electron chi connectivity index (χ2n) is 4.58. The molecule has 17 heavy (non-hydrogen) atoms. The quantitative estimate of drug-likeness (QED) is 0.883. The number of nitrogen functional groups attached to an aromatic ring is 1. The first-order chi connectivity index (χ1) is 7.97. The van der Waals surface area contributed by atoms with Crippen LogP contribution in [0.4, 0.5) is 10.1 Å². The van der Waals surface area contributed by atoms with E-state index in [1.807, 2.05) is 6.07 Å². The molecule has 0 spiro atoms. The smallest absolute Gasteiger partial charge is 0.143 e. The zero-order valence-corrected chi connectivity index (χ0v) is 10.6. The molecule has 0 saturated carbocycles. The molecule has 0 atom stereocenters.